The quantitative estimate of drug-likeness (QED) is 0.135. The van der Waals surface area contributed by atoms with E-state index in [4.69, 9.17) is 4.74 Å². The Labute approximate surface area is 276 Å². The minimum Gasteiger partial charge on any atom is -0.444 e. The summed E-state index contributed by atoms with van der Waals surface area (Å²) in [6, 6.07) is 0. The number of hydrogen-bond donors (Lipinski definition) is 5. The summed E-state index contributed by atoms with van der Waals surface area (Å²) in [4.78, 5) is 46.7. The maximum atomic E-state index is 12.4. The van der Waals surface area contributed by atoms with Gasteiger partial charge >= 0.3 is 6.09 Å². The zero-order valence-corrected chi connectivity index (χ0v) is 29.9. The van der Waals surface area contributed by atoms with Crippen LogP contribution in [0.2, 0.25) is 0 Å². The minimum atomic E-state index is -0.887. The number of amides is 3. The van der Waals surface area contributed by atoms with Crippen molar-refractivity contribution in [2.75, 3.05) is 36.8 Å². The molecular weight excluding hydrogens is 617 g/mol. The Bertz CT molecular complexity index is 1160. The second-order valence-corrected chi connectivity index (χ2v) is 14.4. The highest BCUT2D eigenvalue weighted by molar-refractivity contribution is 7.16. The van der Waals surface area contributed by atoms with E-state index in [0.29, 0.717) is 28.2 Å². The number of aromatic nitrogens is 2. The number of carbonyl (C=O) groups is 3. The first-order valence-corrected chi connectivity index (χ1v) is 17.3. The SMILES string of the molecule is CCCCN(C[C@H](O)c1cnc(NC(=O)C(C)C)s1)C(=O)OC(C)(C)C.CCCCNC[C@H](O)c1cnc(NC(=O)C(C)C)s1. The van der Waals surface area contributed by atoms with Gasteiger partial charge in [0.2, 0.25) is 11.8 Å². The molecule has 0 saturated carbocycles. The van der Waals surface area contributed by atoms with Gasteiger partial charge in [0.05, 0.1) is 16.3 Å². The summed E-state index contributed by atoms with van der Waals surface area (Å²) in [6.45, 7) is 18.9. The molecule has 256 valence electrons. The molecule has 0 bridgehead atoms. The van der Waals surface area contributed by atoms with Crippen LogP contribution < -0.4 is 16.0 Å². The summed E-state index contributed by atoms with van der Waals surface area (Å²) < 4.78 is 5.42. The van der Waals surface area contributed by atoms with Gasteiger partial charge in [-0.15, -0.1) is 0 Å². The van der Waals surface area contributed by atoms with Crippen molar-refractivity contribution >= 4 is 50.8 Å². The lowest BCUT2D eigenvalue weighted by molar-refractivity contribution is -0.119. The number of anilines is 2. The van der Waals surface area contributed by atoms with E-state index in [1.54, 1.807) is 20.0 Å². The van der Waals surface area contributed by atoms with Crippen molar-refractivity contribution in [3.8, 4) is 0 Å². The van der Waals surface area contributed by atoms with Crippen molar-refractivity contribution in [1.29, 1.82) is 0 Å². The van der Waals surface area contributed by atoms with Crippen molar-refractivity contribution in [1.82, 2.24) is 20.2 Å². The number of nitrogens with one attached hydrogen (secondary N) is 3. The van der Waals surface area contributed by atoms with Crippen LogP contribution in [0.1, 0.15) is 110 Å². The van der Waals surface area contributed by atoms with E-state index in [2.05, 4.69) is 32.8 Å². The monoisotopic (exact) mass is 670 g/mol. The maximum Gasteiger partial charge on any atom is 0.410 e. The van der Waals surface area contributed by atoms with Crippen LogP contribution in [0.3, 0.4) is 0 Å². The summed E-state index contributed by atoms with van der Waals surface area (Å²) >= 11 is 2.52. The zero-order valence-electron chi connectivity index (χ0n) is 28.3. The van der Waals surface area contributed by atoms with Gasteiger partial charge in [-0.05, 0) is 40.2 Å². The molecule has 0 aliphatic rings. The number of hydrogen-bond acceptors (Lipinski definition) is 11. The Morgan fingerprint density at radius 1 is 0.867 bits per heavy atom. The largest absolute Gasteiger partial charge is 0.444 e. The molecule has 12 nitrogen and oxygen atoms in total. The molecule has 2 rings (SSSR count). The number of nitrogens with zero attached hydrogens (tertiary/aromatic N) is 3. The molecule has 0 radical (unpaired) electrons. The van der Waals surface area contributed by atoms with Crippen molar-refractivity contribution in [3.63, 3.8) is 0 Å². The smallest absolute Gasteiger partial charge is 0.410 e. The van der Waals surface area contributed by atoms with E-state index in [1.165, 1.54) is 33.8 Å². The highest BCUT2D eigenvalue weighted by Gasteiger charge is 2.25. The summed E-state index contributed by atoms with van der Waals surface area (Å²) in [5.74, 6) is -0.410. The molecule has 14 heteroatoms. The lowest BCUT2D eigenvalue weighted by atomic mass is 10.2. The van der Waals surface area contributed by atoms with Crippen LogP contribution in [0, 0.1) is 11.8 Å². The van der Waals surface area contributed by atoms with Crippen LogP contribution in [0.5, 0.6) is 0 Å². The van der Waals surface area contributed by atoms with E-state index < -0.39 is 23.9 Å². The molecule has 0 aliphatic heterocycles. The molecular formula is C31H54N6O6S2. The number of aliphatic hydroxyl groups is 2. The van der Waals surface area contributed by atoms with Gasteiger partial charge in [0.15, 0.2) is 10.3 Å². The Morgan fingerprint density at radius 2 is 1.36 bits per heavy atom. The van der Waals surface area contributed by atoms with Crippen LogP contribution in [0.4, 0.5) is 15.1 Å². The van der Waals surface area contributed by atoms with Crippen molar-refractivity contribution < 1.29 is 29.3 Å². The van der Waals surface area contributed by atoms with Gasteiger partial charge in [0.1, 0.15) is 17.8 Å². The van der Waals surface area contributed by atoms with Crippen LogP contribution in [-0.4, -0.2) is 74.8 Å². The van der Waals surface area contributed by atoms with Gasteiger partial charge < -0.3 is 35.8 Å². The first kappa shape index (κ1) is 40.4. The second-order valence-electron chi connectivity index (χ2n) is 12.3. The number of ether oxygens (including phenoxy) is 1. The summed E-state index contributed by atoms with van der Waals surface area (Å²) in [7, 11) is 0. The fourth-order valence-electron chi connectivity index (χ4n) is 3.37. The predicted molar refractivity (Wildman–Crippen MR) is 182 cm³/mol. The van der Waals surface area contributed by atoms with Crippen LogP contribution in [0.15, 0.2) is 12.4 Å². The maximum absolute atomic E-state index is 12.4. The van der Waals surface area contributed by atoms with Crippen LogP contribution >= 0.6 is 22.7 Å². The van der Waals surface area contributed by atoms with Gasteiger partial charge in [-0.1, -0.05) is 77.1 Å². The highest BCUT2D eigenvalue weighted by Crippen LogP contribution is 2.26. The number of aliphatic hydroxyl groups excluding tert-OH is 2. The molecule has 0 aliphatic carbocycles. The van der Waals surface area contributed by atoms with Crippen molar-refractivity contribution in [2.45, 2.75) is 106 Å². The molecule has 2 aromatic rings. The molecule has 2 atom stereocenters. The van der Waals surface area contributed by atoms with Gasteiger partial charge in [-0.25, -0.2) is 14.8 Å². The van der Waals surface area contributed by atoms with Crippen LogP contribution in [0.25, 0.3) is 0 Å². The molecule has 45 heavy (non-hydrogen) atoms. The van der Waals surface area contributed by atoms with Gasteiger partial charge in [-0.2, -0.15) is 0 Å². The number of unbranched alkanes of at least 4 members (excludes halogenated alkanes) is 2. The molecule has 0 unspecified atom stereocenters. The first-order chi connectivity index (χ1) is 21.1. The van der Waals surface area contributed by atoms with Crippen molar-refractivity contribution in [2.24, 2.45) is 11.8 Å². The van der Waals surface area contributed by atoms with Crippen LogP contribution in [-0.2, 0) is 14.3 Å². The van der Waals surface area contributed by atoms with Crippen molar-refractivity contribution in [3.05, 3.63) is 22.1 Å². The number of carbonyl (C=O) groups excluding carboxylic acids is 3. The third-order valence-corrected chi connectivity index (χ3v) is 8.11. The molecule has 0 saturated heterocycles. The lowest BCUT2D eigenvalue weighted by Crippen LogP contribution is -2.39. The van der Waals surface area contributed by atoms with E-state index in [0.717, 1.165) is 37.1 Å². The normalized spacial score (nSPS) is 12.7. The van der Waals surface area contributed by atoms with Gasteiger partial charge in [-0.3, -0.25) is 9.59 Å². The molecule has 5 N–H and O–H groups in total. The highest BCUT2D eigenvalue weighted by atomic mass is 32.1. The first-order valence-electron chi connectivity index (χ1n) is 15.7. The number of thiazole rings is 2. The van der Waals surface area contributed by atoms with E-state index in [9.17, 15) is 24.6 Å². The summed E-state index contributed by atoms with van der Waals surface area (Å²) in [6.07, 6.45) is 5.24. The second kappa shape index (κ2) is 20.5. The fourth-order valence-corrected chi connectivity index (χ4v) is 4.97. The van der Waals surface area contributed by atoms with E-state index >= 15 is 0 Å². The predicted octanol–water partition coefficient (Wildman–Crippen LogP) is 5.97. The minimum absolute atomic E-state index is 0.0588. The Kier molecular flexibility index (Phi) is 18.4. The average molecular weight is 671 g/mol. The fraction of sp³-hybridized carbons (Fsp3) is 0.710. The Morgan fingerprint density at radius 3 is 1.80 bits per heavy atom. The average Bonchev–Trinajstić information content (AvgIpc) is 3.62. The molecule has 2 aromatic heterocycles. The Hall–Kier alpha value is -2.65. The number of rotatable bonds is 16. The molecule has 3 amide bonds. The molecule has 0 aromatic carbocycles. The molecule has 2 heterocycles. The summed E-state index contributed by atoms with van der Waals surface area (Å²) in [5, 5.41) is 30.1. The molecule has 0 spiro atoms. The lowest BCUT2D eigenvalue weighted by Gasteiger charge is -2.28. The summed E-state index contributed by atoms with van der Waals surface area (Å²) in [5.41, 5.74) is -0.592. The van der Waals surface area contributed by atoms with Gasteiger partial charge in [0, 0.05) is 37.3 Å². The molecule has 0 fully saturated rings. The third kappa shape index (κ3) is 16.5. The topological polar surface area (TPSA) is 166 Å². The zero-order chi connectivity index (χ0) is 34.2. The Balaban J connectivity index is 0.000000472. The third-order valence-electron chi connectivity index (χ3n) is 6.08. The standard InChI is InChI=1S/C18H31N3O4S.C13H23N3O2S/c1-7-8-9-21(17(24)25-18(4,5)6)11-13(22)14-10-19-16(26-14)20-15(23)12(2)3;1-4-5-6-14-7-10(17)11-8-15-13(19-11)16-12(18)9(2)3/h10,12-13,22H,7-9,11H2,1-6H3,(H,19,20,23);8-10,14,17H,4-7H2,1-3H3,(H,15,16,18)/t13-;10-/m00/s1. The van der Waals surface area contributed by atoms with Gasteiger partial charge in [0.25, 0.3) is 0 Å². The van der Waals surface area contributed by atoms with E-state index in [-0.39, 0.29) is 30.2 Å². The van der Waals surface area contributed by atoms with E-state index in [1.807, 2.05) is 41.5 Å².